The van der Waals surface area contributed by atoms with Crippen LogP contribution in [0.3, 0.4) is 0 Å². The third-order valence-corrected chi connectivity index (χ3v) is 16.2. The summed E-state index contributed by atoms with van der Waals surface area (Å²) < 4.78 is 2.94. The highest BCUT2D eigenvalue weighted by Gasteiger charge is 2.26. The van der Waals surface area contributed by atoms with Crippen molar-refractivity contribution in [2.24, 2.45) is 0 Å². The Hall–Kier alpha value is 3.06. The van der Waals surface area contributed by atoms with Crippen molar-refractivity contribution in [2.75, 3.05) is 0 Å². The van der Waals surface area contributed by atoms with Gasteiger partial charge in [-0.3, -0.25) is 9.52 Å². The number of nitrogens with one attached hydrogen (secondary N) is 1. The molecule has 0 aliphatic rings. The predicted octanol–water partition coefficient (Wildman–Crippen LogP) is 10.1. The number of rotatable bonds is 19. The van der Waals surface area contributed by atoms with E-state index in [1.165, 1.54) is 89.0 Å². The van der Waals surface area contributed by atoms with Gasteiger partial charge >= 0.3 is 0 Å². The average Bonchev–Trinajstić information content (AvgIpc) is 2.62. The molecule has 0 spiro atoms. The van der Waals surface area contributed by atoms with Crippen molar-refractivity contribution in [2.45, 2.75) is 96.9 Å². The fourth-order valence-electron chi connectivity index (χ4n) is 2.54. The largest absolute Gasteiger partial charge is 0.298 e. The smallest absolute Gasteiger partial charge is 0.229 e. The summed E-state index contributed by atoms with van der Waals surface area (Å²) in [5, 5.41) is 0. The highest BCUT2D eigenvalue weighted by molar-refractivity contribution is 14.2. The standard InChI is InChI=1S/C17H32I3NOS4/c1-2-3-4-5-6-7-8-9-10-11-12-13-14-15-16(22)21-23-17(18,19)24-26-25-20/h2-15H2,1H3,(H,21,22). The molecular weight excluding hydrogens is 743 g/mol. The van der Waals surface area contributed by atoms with Crippen molar-refractivity contribution in [3.8, 4) is 0 Å². The highest BCUT2D eigenvalue weighted by Crippen LogP contribution is 2.57. The lowest BCUT2D eigenvalue weighted by atomic mass is 10.0. The molecular formula is C17H32I3NOS4. The van der Waals surface area contributed by atoms with Crippen LogP contribution in [0.4, 0.5) is 0 Å². The van der Waals surface area contributed by atoms with Gasteiger partial charge < -0.3 is 0 Å². The van der Waals surface area contributed by atoms with Crippen molar-refractivity contribution in [1.29, 1.82) is 0 Å². The maximum atomic E-state index is 11.9. The molecule has 0 saturated heterocycles. The Morgan fingerprint density at radius 1 is 0.846 bits per heavy atom. The summed E-state index contributed by atoms with van der Waals surface area (Å²) in [4.78, 5) is 11.9. The fraction of sp³-hybridized carbons (Fsp3) is 0.941. The molecule has 0 heterocycles. The minimum atomic E-state index is -0.0516. The molecule has 0 aromatic heterocycles. The quantitative estimate of drug-likeness (QED) is 0.0353. The third kappa shape index (κ3) is 21.8. The van der Waals surface area contributed by atoms with Gasteiger partial charge in [-0.05, 0) is 92.1 Å². The Balaban J connectivity index is 3.33. The van der Waals surface area contributed by atoms with Gasteiger partial charge in [-0.25, -0.2) is 0 Å². The van der Waals surface area contributed by atoms with Crippen LogP contribution in [-0.4, -0.2) is 6.00 Å². The molecule has 0 aliphatic carbocycles. The van der Waals surface area contributed by atoms with Crippen LogP contribution < -0.4 is 4.72 Å². The molecule has 0 saturated carbocycles. The SMILES string of the molecule is CCCCCCCCCCCCCCCC(=O)NSC(I)(I)SSSI. The third-order valence-electron chi connectivity index (χ3n) is 3.95. The number of unbranched alkanes of at least 4 members (excludes halogenated alkanes) is 12. The van der Waals surface area contributed by atoms with Crippen molar-refractivity contribution < 1.29 is 4.79 Å². The fourth-order valence-corrected chi connectivity index (χ4v) is 12.2. The first-order chi connectivity index (χ1) is 12.5. The minimum absolute atomic E-state index is 0.0516. The van der Waals surface area contributed by atoms with Gasteiger partial charge in [-0.1, -0.05) is 84.0 Å². The molecule has 0 rings (SSSR count). The van der Waals surface area contributed by atoms with Crippen LogP contribution in [0.15, 0.2) is 0 Å². The van der Waals surface area contributed by atoms with Gasteiger partial charge in [0.05, 0.1) is 0 Å². The van der Waals surface area contributed by atoms with E-state index in [1.807, 2.05) is 0 Å². The molecule has 1 N–H and O–H groups in total. The van der Waals surface area contributed by atoms with Gasteiger partial charge in [0, 0.05) is 27.6 Å². The molecule has 0 fully saturated rings. The molecule has 0 atom stereocenters. The summed E-state index contributed by atoms with van der Waals surface area (Å²) in [5.74, 6) is 0.170. The van der Waals surface area contributed by atoms with E-state index in [9.17, 15) is 4.79 Å². The van der Waals surface area contributed by atoms with Crippen LogP contribution in [0, 0.1) is 0 Å². The van der Waals surface area contributed by atoms with Crippen molar-refractivity contribution in [3.63, 3.8) is 0 Å². The van der Waals surface area contributed by atoms with E-state index in [0.717, 1.165) is 6.42 Å². The van der Waals surface area contributed by atoms with E-state index in [1.54, 1.807) is 28.6 Å². The number of carbonyl (C=O) groups excluding carboxylic acids is 1. The molecule has 0 radical (unpaired) electrons. The lowest BCUT2D eigenvalue weighted by Gasteiger charge is -2.17. The summed E-state index contributed by atoms with van der Waals surface area (Å²) in [6.07, 6.45) is 18.1. The molecule has 0 aliphatic heterocycles. The second-order valence-electron chi connectivity index (χ2n) is 6.30. The highest BCUT2D eigenvalue weighted by atomic mass is 127. The maximum Gasteiger partial charge on any atom is 0.229 e. The van der Waals surface area contributed by atoms with E-state index in [2.05, 4.69) is 78.0 Å². The summed E-state index contributed by atoms with van der Waals surface area (Å²) in [6.45, 7) is 2.28. The zero-order valence-electron chi connectivity index (χ0n) is 15.6. The first-order valence-corrected chi connectivity index (χ1v) is 18.5. The molecule has 9 heteroatoms. The Morgan fingerprint density at radius 3 is 1.77 bits per heavy atom. The Bertz CT molecular complexity index is 339. The van der Waals surface area contributed by atoms with E-state index >= 15 is 0 Å². The molecule has 2 nitrogen and oxygen atoms in total. The molecule has 0 unspecified atom stereocenters. The second-order valence-corrected chi connectivity index (χ2v) is 22.6. The number of alkyl halides is 2. The number of hydrogen-bond donors (Lipinski definition) is 1. The van der Waals surface area contributed by atoms with Gasteiger partial charge in [0.25, 0.3) is 0 Å². The van der Waals surface area contributed by atoms with Gasteiger partial charge in [-0.15, -0.1) is 0 Å². The molecule has 0 bridgehead atoms. The van der Waals surface area contributed by atoms with Crippen LogP contribution in [0.2, 0.25) is 0 Å². The summed E-state index contributed by atoms with van der Waals surface area (Å²) >= 11 is 8.52. The number of carbonyl (C=O) groups is 1. The number of amides is 1. The minimum Gasteiger partial charge on any atom is -0.298 e. The molecule has 0 aromatic carbocycles. The van der Waals surface area contributed by atoms with Crippen LogP contribution in [-0.2, 0) is 4.79 Å². The van der Waals surface area contributed by atoms with Crippen LogP contribution >= 0.6 is 107 Å². The first kappa shape index (κ1) is 29.1. The second kappa shape index (κ2) is 21.3. The summed E-state index contributed by atoms with van der Waals surface area (Å²) in [5.41, 5.74) is 0. The monoisotopic (exact) mass is 775 g/mol. The number of halogens is 3. The lowest BCUT2D eigenvalue weighted by Crippen LogP contribution is -2.19. The number of hydrogen-bond acceptors (Lipinski definition) is 5. The Kier molecular flexibility index (Phi) is 23.8. The van der Waals surface area contributed by atoms with E-state index in [0.29, 0.717) is 6.42 Å². The van der Waals surface area contributed by atoms with Crippen LogP contribution in [0.25, 0.3) is 0 Å². The van der Waals surface area contributed by atoms with Crippen molar-refractivity contribution in [3.05, 3.63) is 0 Å². The van der Waals surface area contributed by atoms with Gasteiger partial charge in [-0.2, -0.15) is 0 Å². The molecule has 1 amide bonds. The maximum absolute atomic E-state index is 11.9. The van der Waals surface area contributed by atoms with E-state index < -0.39 is 0 Å². The lowest BCUT2D eigenvalue weighted by molar-refractivity contribution is -0.119. The predicted molar refractivity (Wildman–Crippen MR) is 154 cm³/mol. The first-order valence-electron chi connectivity index (χ1n) is 9.49. The van der Waals surface area contributed by atoms with Crippen molar-refractivity contribution >= 4 is 113 Å². The van der Waals surface area contributed by atoms with Gasteiger partial charge in [0.2, 0.25) is 5.91 Å². The van der Waals surface area contributed by atoms with E-state index in [4.69, 9.17) is 0 Å². The van der Waals surface area contributed by atoms with Crippen molar-refractivity contribution in [1.82, 2.24) is 4.72 Å². The molecule has 0 aromatic rings. The van der Waals surface area contributed by atoms with Crippen LogP contribution in [0.5, 0.6) is 0 Å². The summed E-state index contributed by atoms with van der Waals surface area (Å²) in [6, 6.07) is 0. The zero-order chi connectivity index (χ0) is 19.5. The van der Waals surface area contributed by atoms with Gasteiger partial charge in [0.15, 0.2) is 0.0925 Å². The normalized spacial score (nSPS) is 11.7. The Morgan fingerprint density at radius 2 is 1.31 bits per heavy atom. The van der Waals surface area contributed by atoms with E-state index in [-0.39, 0.29) is 6.00 Å². The average molecular weight is 775 g/mol. The molecule has 26 heavy (non-hydrogen) atoms. The molecule has 156 valence electrons. The topological polar surface area (TPSA) is 29.1 Å². The summed E-state index contributed by atoms with van der Waals surface area (Å²) in [7, 11) is 5.21. The Labute approximate surface area is 216 Å². The van der Waals surface area contributed by atoms with Gasteiger partial charge in [0.1, 0.15) is 0 Å². The van der Waals surface area contributed by atoms with Crippen LogP contribution in [0.1, 0.15) is 96.8 Å². The zero-order valence-corrected chi connectivity index (χ0v) is 25.3.